The Kier molecular flexibility index (Phi) is 15.2. The third kappa shape index (κ3) is 13.3. The van der Waals surface area contributed by atoms with E-state index in [-0.39, 0.29) is 6.42 Å². The van der Waals surface area contributed by atoms with Crippen molar-refractivity contribution in [2.75, 3.05) is 6.61 Å². The molecule has 0 amide bonds. The summed E-state index contributed by atoms with van der Waals surface area (Å²) in [6.45, 7) is 3.98. The van der Waals surface area contributed by atoms with Crippen molar-refractivity contribution in [3.63, 3.8) is 0 Å². The van der Waals surface area contributed by atoms with Crippen molar-refractivity contribution >= 4 is 23.9 Å². The van der Waals surface area contributed by atoms with E-state index in [4.69, 9.17) is 14.6 Å². The number of aliphatic carboxylic acids is 1. The predicted molar refractivity (Wildman–Crippen MR) is 130 cm³/mol. The minimum atomic E-state index is -1.58. The fraction of sp³-hybridized carbons (Fsp3) is 0.692. The fourth-order valence-electron chi connectivity index (χ4n) is 3.66. The van der Waals surface area contributed by atoms with Crippen LogP contribution in [0.25, 0.3) is 0 Å². The molecule has 0 unspecified atom stereocenters. The van der Waals surface area contributed by atoms with Crippen LogP contribution in [0, 0.1) is 5.92 Å². The van der Waals surface area contributed by atoms with E-state index in [0.717, 1.165) is 25.2 Å². The summed E-state index contributed by atoms with van der Waals surface area (Å²) in [6, 6.07) is 0. The first kappa shape index (κ1) is 31.2. The van der Waals surface area contributed by atoms with Gasteiger partial charge < -0.3 is 29.5 Å². The lowest BCUT2D eigenvalue weighted by atomic mass is 10.0. The zero-order chi connectivity index (χ0) is 26.9. The lowest BCUT2D eigenvalue weighted by molar-refractivity contribution is -0.156. The van der Waals surface area contributed by atoms with Gasteiger partial charge >= 0.3 is 23.9 Å². The highest BCUT2D eigenvalue weighted by molar-refractivity contribution is 5.96. The molecule has 3 N–H and O–H groups in total. The van der Waals surface area contributed by atoms with Crippen molar-refractivity contribution in [1.82, 2.24) is 0 Å². The highest BCUT2D eigenvalue weighted by Gasteiger charge is 2.41. The maximum atomic E-state index is 11.9. The molecule has 1 rings (SSSR count). The van der Waals surface area contributed by atoms with Crippen LogP contribution in [0.4, 0.5) is 0 Å². The monoisotopic (exact) mass is 512 g/mol. The van der Waals surface area contributed by atoms with Crippen LogP contribution in [0.1, 0.15) is 90.9 Å². The van der Waals surface area contributed by atoms with Gasteiger partial charge in [0.15, 0.2) is 11.9 Å². The van der Waals surface area contributed by atoms with E-state index < -0.39 is 54.2 Å². The van der Waals surface area contributed by atoms with Crippen molar-refractivity contribution in [1.29, 1.82) is 0 Å². The van der Waals surface area contributed by atoms with E-state index in [1.54, 1.807) is 0 Å². The molecule has 0 radical (unpaired) electrons. The molecule has 2 atom stereocenters. The van der Waals surface area contributed by atoms with Crippen LogP contribution in [0.5, 0.6) is 0 Å². The fourth-order valence-corrected chi connectivity index (χ4v) is 3.66. The SMILES string of the molecule is CC(C)CCCCCCCCCCCCC(=O)OC[C@H](O)[C@H]1OC(=O)C(OC(=O)/C=C\C(=O)O)=C1O. The largest absolute Gasteiger partial charge is 0.505 e. The number of hydrogen-bond acceptors (Lipinski definition) is 9. The van der Waals surface area contributed by atoms with Crippen molar-refractivity contribution < 1.29 is 48.7 Å². The molecular formula is C26H40O10. The van der Waals surface area contributed by atoms with Crippen LogP contribution in [0.15, 0.2) is 23.7 Å². The Morgan fingerprint density at radius 2 is 1.50 bits per heavy atom. The number of aliphatic hydroxyl groups excluding tert-OH is 2. The van der Waals surface area contributed by atoms with Gasteiger partial charge in [-0.05, 0) is 12.3 Å². The number of esters is 3. The van der Waals surface area contributed by atoms with E-state index in [1.165, 1.54) is 44.9 Å². The van der Waals surface area contributed by atoms with Crippen molar-refractivity contribution in [2.24, 2.45) is 5.92 Å². The number of unbranched alkanes of at least 4 members (excludes halogenated alkanes) is 9. The average Bonchev–Trinajstić information content (AvgIpc) is 3.10. The molecule has 0 spiro atoms. The highest BCUT2D eigenvalue weighted by Crippen LogP contribution is 2.24. The molecule has 0 bridgehead atoms. The first-order valence-electron chi connectivity index (χ1n) is 12.7. The van der Waals surface area contributed by atoms with Gasteiger partial charge in [-0.15, -0.1) is 0 Å². The average molecular weight is 513 g/mol. The maximum absolute atomic E-state index is 11.9. The van der Waals surface area contributed by atoms with E-state index in [2.05, 4.69) is 18.6 Å². The van der Waals surface area contributed by atoms with Gasteiger partial charge in [0.25, 0.3) is 5.76 Å². The first-order valence-corrected chi connectivity index (χ1v) is 12.7. The zero-order valence-electron chi connectivity index (χ0n) is 21.3. The van der Waals surface area contributed by atoms with Crippen molar-refractivity contribution in [3.8, 4) is 0 Å². The Morgan fingerprint density at radius 3 is 2.06 bits per heavy atom. The van der Waals surface area contributed by atoms with Crippen LogP contribution < -0.4 is 0 Å². The number of cyclic esters (lactones) is 1. The number of ether oxygens (including phenoxy) is 3. The Morgan fingerprint density at radius 1 is 0.944 bits per heavy atom. The van der Waals surface area contributed by atoms with Gasteiger partial charge in [-0.25, -0.2) is 14.4 Å². The topological polar surface area (TPSA) is 157 Å². The van der Waals surface area contributed by atoms with Gasteiger partial charge in [0.1, 0.15) is 12.7 Å². The quantitative estimate of drug-likeness (QED) is 0.0996. The standard InChI is InChI=1S/C26H40O10/c1-18(2)13-11-9-7-5-3-4-6-8-10-12-14-21(30)34-17-19(27)24-23(32)25(26(33)36-24)35-22(31)16-15-20(28)29/h15-16,18-19,24,27,32H,3-14,17H2,1-2H3,(H,28,29)/b16-15-/t19-,24+/m0/s1. The molecule has 0 aromatic carbocycles. The summed E-state index contributed by atoms with van der Waals surface area (Å²) in [5.74, 6) is -5.30. The number of carbonyl (C=O) groups excluding carboxylic acids is 3. The molecule has 0 fully saturated rings. The first-order chi connectivity index (χ1) is 17.1. The van der Waals surface area contributed by atoms with Crippen LogP contribution in [-0.2, 0) is 33.4 Å². The Labute approximate surface area is 212 Å². The molecule has 10 heteroatoms. The van der Waals surface area contributed by atoms with Gasteiger partial charge in [-0.2, -0.15) is 0 Å². The number of carboxylic acids is 1. The van der Waals surface area contributed by atoms with Crippen LogP contribution in [0.2, 0.25) is 0 Å². The lowest BCUT2D eigenvalue weighted by Gasteiger charge is -2.17. The molecular weight excluding hydrogens is 472 g/mol. The third-order valence-corrected chi connectivity index (χ3v) is 5.66. The molecule has 0 saturated carbocycles. The second-order valence-corrected chi connectivity index (χ2v) is 9.35. The van der Waals surface area contributed by atoms with Gasteiger partial charge in [0, 0.05) is 18.6 Å². The van der Waals surface area contributed by atoms with Crippen molar-refractivity contribution in [3.05, 3.63) is 23.7 Å². The molecule has 0 saturated heterocycles. The number of carboxylic acid groups (broad SMARTS) is 1. The minimum Gasteiger partial charge on any atom is -0.505 e. The second kappa shape index (κ2) is 17.5. The van der Waals surface area contributed by atoms with Gasteiger partial charge in [0.2, 0.25) is 0 Å². The summed E-state index contributed by atoms with van der Waals surface area (Å²) in [7, 11) is 0. The number of rotatable bonds is 19. The van der Waals surface area contributed by atoms with Crippen molar-refractivity contribution in [2.45, 2.75) is 103 Å². The zero-order valence-corrected chi connectivity index (χ0v) is 21.3. The molecule has 1 aliphatic rings. The van der Waals surface area contributed by atoms with Gasteiger partial charge in [-0.1, -0.05) is 78.1 Å². The highest BCUT2D eigenvalue weighted by atomic mass is 16.6. The summed E-state index contributed by atoms with van der Waals surface area (Å²) in [5.41, 5.74) is 0. The van der Waals surface area contributed by atoms with E-state index in [9.17, 15) is 29.4 Å². The molecule has 0 aliphatic carbocycles. The van der Waals surface area contributed by atoms with Crippen LogP contribution in [0.3, 0.4) is 0 Å². The maximum Gasteiger partial charge on any atom is 0.378 e. The summed E-state index contributed by atoms with van der Waals surface area (Å²) < 4.78 is 14.3. The summed E-state index contributed by atoms with van der Waals surface area (Å²) >= 11 is 0. The lowest BCUT2D eigenvalue weighted by Crippen LogP contribution is -2.33. The minimum absolute atomic E-state index is 0.188. The Hall–Kier alpha value is -2.88. The van der Waals surface area contributed by atoms with E-state index in [0.29, 0.717) is 18.6 Å². The molecule has 204 valence electrons. The molecule has 10 nitrogen and oxygen atoms in total. The summed E-state index contributed by atoms with van der Waals surface area (Å²) in [4.78, 5) is 45.6. The molecule has 1 heterocycles. The molecule has 1 aliphatic heterocycles. The normalized spacial score (nSPS) is 16.4. The van der Waals surface area contributed by atoms with Crippen LogP contribution >= 0.6 is 0 Å². The third-order valence-electron chi connectivity index (χ3n) is 5.66. The smallest absolute Gasteiger partial charge is 0.378 e. The molecule has 0 aromatic heterocycles. The number of aliphatic hydroxyl groups is 2. The second-order valence-electron chi connectivity index (χ2n) is 9.35. The summed E-state index contributed by atoms with van der Waals surface area (Å²) in [6.07, 6.45) is 10.8. The number of hydrogen-bond donors (Lipinski definition) is 3. The van der Waals surface area contributed by atoms with E-state index >= 15 is 0 Å². The molecule has 36 heavy (non-hydrogen) atoms. The molecule has 0 aromatic rings. The number of carbonyl (C=O) groups is 4. The summed E-state index contributed by atoms with van der Waals surface area (Å²) in [5, 5.41) is 28.6. The van der Waals surface area contributed by atoms with E-state index in [1.807, 2.05) is 0 Å². The predicted octanol–water partition coefficient (Wildman–Crippen LogP) is 4.11. The van der Waals surface area contributed by atoms with Gasteiger partial charge in [0.05, 0.1) is 0 Å². The van der Waals surface area contributed by atoms with Gasteiger partial charge in [-0.3, -0.25) is 4.79 Å². The van der Waals surface area contributed by atoms with Crippen LogP contribution in [-0.4, -0.2) is 58.0 Å². The Bertz CT molecular complexity index is 784. The Balaban J connectivity index is 2.18.